The van der Waals surface area contributed by atoms with Gasteiger partial charge in [-0.15, -0.1) is 0 Å². The fraction of sp³-hybridized carbons (Fsp3) is 0.286. The second-order valence-corrected chi connectivity index (χ2v) is 4.88. The summed E-state index contributed by atoms with van der Waals surface area (Å²) in [5.41, 5.74) is 9.57. The van der Waals surface area contributed by atoms with E-state index < -0.39 is 0 Å². The molecule has 0 fully saturated rings. The molecule has 1 aromatic carbocycles. The lowest BCUT2D eigenvalue weighted by Gasteiger charge is -2.06. The minimum Gasteiger partial charge on any atom is -0.383 e. The average Bonchev–Trinajstić information content (AvgIpc) is 2.97. The van der Waals surface area contributed by atoms with E-state index in [4.69, 9.17) is 5.73 Å². The van der Waals surface area contributed by atoms with Crippen LogP contribution in [-0.2, 0) is 19.9 Å². The molecule has 1 aromatic heterocycles. The van der Waals surface area contributed by atoms with Gasteiger partial charge < -0.3 is 15.6 Å². The zero-order valence-electron chi connectivity index (χ0n) is 10.8. The summed E-state index contributed by atoms with van der Waals surface area (Å²) in [6.07, 6.45) is 4.95. The molecular weight excluding hydrogens is 240 g/mol. The number of hydrogen-bond acceptors (Lipinski definition) is 3. The molecule has 0 radical (unpaired) electrons. The first kappa shape index (κ1) is 11.8. The number of aryl methyl sites for hydroxylation is 3. The number of anilines is 2. The van der Waals surface area contributed by atoms with Gasteiger partial charge in [0.15, 0.2) is 5.69 Å². The highest BCUT2D eigenvalue weighted by molar-refractivity contribution is 6.05. The number of amides is 1. The minimum atomic E-state index is -0.268. The lowest BCUT2D eigenvalue weighted by Crippen LogP contribution is -2.15. The first-order valence-corrected chi connectivity index (χ1v) is 6.35. The van der Waals surface area contributed by atoms with Gasteiger partial charge in [-0.25, -0.2) is 4.98 Å². The maximum absolute atomic E-state index is 12.1. The zero-order chi connectivity index (χ0) is 13.4. The standard InChI is InChI=1S/C14H16N4O/c1-18-8-16-12(13(18)15)14(19)17-11-6-5-9-3-2-4-10(9)7-11/h5-8H,2-4,15H2,1H3,(H,17,19). The molecular formula is C14H16N4O. The zero-order valence-corrected chi connectivity index (χ0v) is 10.8. The second kappa shape index (κ2) is 4.42. The van der Waals surface area contributed by atoms with Crippen LogP contribution in [0, 0.1) is 0 Å². The third kappa shape index (κ3) is 2.07. The summed E-state index contributed by atoms with van der Waals surface area (Å²) in [7, 11) is 1.76. The predicted molar refractivity (Wildman–Crippen MR) is 74.0 cm³/mol. The monoisotopic (exact) mass is 256 g/mol. The van der Waals surface area contributed by atoms with Gasteiger partial charge in [0.2, 0.25) is 0 Å². The number of carbonyl (C=O) groups excluding carboxylic acids is 1. The van der Waals surface area contributed by atoms with Crippen molar-refractivity contribution in [3.05, 3.63) is 41.3 Å². The van der Waals surface area contributed by atoms with Gasteiger partial charge >= 0.3 is 0 Å². The normalized spacial score (nSPS) is 13.3. The van der Waals surface area contributed by atoms with Crippen LogP contribution in [0.5, 0.6) is 0 Å². The van der Waals surface area contributed by atoms with Gasteiger partial charge in [-0.3, -0.25) is 4.79 Å². The molecule has 0 aliphatic heterocycles. The smallest absolute Gasteiger partial charge is 0.278 e. The Morgan fingerprint density at radius 3 is 2.89 bits per heavy atom. The van der Waals surface area contributed by atoms with E-state index in [1.54, 1.807) is 11.6 Å². The largest absolute Gasteiger partial charge is 0.383 e. The molecule has 0 unspecified atom stereocenters. The first-order chi connectivity index (χ1) is 9.15. The summed E-state index contributed by atoms with van der Waals surface area (Å²) in [6, 6.07) is 6.06. The second-order valence-electron chi connectivity index (χ2n) is 4.88. The van der Waals surface area contributed by atoms with E-state index in [9.17, 15) is 4.79 Å². The SMILES string of the molecule is Cn1cnc(C(=O)Nc2ccc3c(c2)CCC3)c1N. The van der Waals surface area contributed by atoms with Gasteiger partial charge in [-0.1, -0.05) is 6.07 Å². The van der Waals surface area contributed by atoms with Crippen LogP contribution in [0.25, 0.3) is 0 Å². The van der Waals surface area contributed by atoms with Crippen LogP contribution in [-0.4, -0.2) is 15.5 Å². The minimum absolute atomic E-state index is 0.267. The Morgan fingerprint density at radius 1 is 1.37 bits per heavy atom. The number of nitrogens with two attached hydrogens (primary N) is 1. The molecule has 0 atom stereocenters. The van der Waals surface area contributed by atoms with E-state index in [0.29, 0.717) is 5.82 Å². The molecule has 0 saturated heterocycles. The highest BCUT2D eigenvalue weighted by Crippen LogP contribution is 2.25. The Bertz CT molecular complexity index is 645. The maximum atomic E-state index is 12.1. The quantitative estimate of drug-likeness (QED) is 0.859. The summed E-state index contributed by atoms with van der Waals surface area (Å²) in [4.78, 5) is 16.1. The Hall–Kier alpha value is -2.30. The molecule has 1 aliphatic carbocycles. The number of rotatable bonds is 2. The Morgan fingerprint density at radius 2 is 2.16 bits per heavy atom. The average molecular weight is 256 g/mol. The molecule has 0 bridgehead atoms. The lowest BCUT2D eigenvalue weighted by molar-refractivity contribution is 0.102. The van der Waals surface area contributed by atoms with Crippen molar-refractivity contribution in [2.45, 2.75) is 19.3 Å². The van der Waals surface area contributed by atoms with E-state index in [0.717, 1.165) is 18.5 Å². The summed E-state index contributed by atoms with van der Waals surface area (Å²) < 4.78 is 1.62. The van der Waals surface area contributed by atoms with Crippen LogP contribution in [0.3, 0.4) is 0 Å². The van der Waals surface area contributed by atoms with E-state index in [1.165, 1.54) is 23.9 Å². The van der Waals surface area contributed by atoms with Gasteiger partial charge in [0.1, 0.15) is 5.82 Å². The van der Waals surface area contributed by atoms with Crippen LogP contribution in [0.2, 0.25) is 0 Å². The molecule has 2 aromatic rings. The molecule has 5 heteroatoms. The van der Waals surface area contributed by atoms with Gasteiger partial charge in [0.05, 0.1) is 6.33 Å². The van der Waals surface area contributed by atoms with E-state index in [-0.39, 0.29) is 11.6 Å². The number of aromatic nitrogens is 2. The number of nitrogens with one attached hydrogen (secondary N) is 1. The maximum Gasteiger partial charge on any atom is 0.278 e. The van der Waals surface area contributed by atoms with Crippen molar-refractivity contribution in [1.82, 2.24) is 9.55 Å². The van der Waals surface area contributed by atoms with E-state index in [2.05, 4.69) is 16.4 Å². The number of carbonyl (C=O) groups is 1. The number of hydrogen-bond donors (Lipinski definition) is 2. The Labute approximate surface area is 111 Å². The Balaban J connectivity index is 1.82. The molecule has 1 amide bonds. The summed E-state index contributed by atoms with van der Waals surface area (Å²) in [6.45, 7) is 0. The van der Waals surface area contributed by atoms with Crippen molar-refractivity contribution in [2.24, 2.45) is 7.05 Å². The molecule has 1 heterocycles. The highest BCUT2D eigenvalue weighted by atomic mass is 16.1. The lowest BCUT2D eigenvalue weighted by atomic mass is 10.1. The summed E-state index contributed by atoms with van der Waals surface area (Å²) >= 11 is 0. The van der Waals surface area contributed by atoms with E-state index in [1.807, 2.05) is 12.1 Å². The molecule has 0 spiro atoms. The van der Waals surface area contributed by atoms with Crippen molar-refractivity contribution in [3.8, 4) is 0 Å². The topological polar surface area (TPSA) is 72.9 Å². The van der Waals surface area contributed by atoms with Gasteiger partial charge in [-0.2, -0.15) is 0 Å². The number of nitrogen functional groups attached to an aromatic ring is 1. The van der Waals surface area contributed by atoms with Gasteiger partial charge in [-0.05, 0) is 42.5 Å². The summed E-state index contributed by atoms with van der Waals surface area (Å²) in [5, 5.41) is 2.85. The number of fused-ring (bicyclic) bond motifs is 1. The molecule has 3 N–H and O–H groups in total. The van der Waals surface area contributed by atoms with Crippen LogP contribution in [0.4, 0.5) is 11.5 Å². The fourth-order valence-corrected chi connectivity index (χ4v) is 2.45. The van der Waals surface area contributed by atoms with Gasteiger partial charge in [0, 0.05) is 12.7 Å². The van der Waals surface area contributed by atoms with Crippen molar-refractivity contribution >= 4 is 17.4 Å². The first-order valence-electron chi connectivity index (χ1n) is 6.35. The van der Waals surface area contributed by atoms with Gasteiger partial charge in [0.25, 0.3) is 5.91 Å². The highest BCUT2D eigenvalue weighted by Gasteiger charge is 2.16. The van der Waals surface area contributed by atoms with Crippen molar-refractivity contribution < 1.29 is 4.79 Å². The van der Waals surface area contributed by atoms with Crippen molar-refractivity contribution in [3.63, 3.8) is 0 Å². The molecule has 0 saturated carbocycles. The van der Waals surface area contributed by atoms with Crippen LogP contribution in [0.1, 0.15) is 28.0 Å². The fourth-order valence-electron chi connectivity index (χ4n) is 2.45. The third-order valence-corrected chi connectivity index (χ3v) is 3.55. The molecule has 5 nitrogen and oxygen atoms in total. The third-order valence-electron chi connectivity index (χ3n) is 3.55. The van der Waals surface area contributed by atoms with Crippen LogP contribution >= 0.6 is 0 Å². The Kier molecular flexibility index (Phi) is 2.74. The predicted octanol–water partition coefficient (Wildman–Crippen LogP) is 1.74. The molecule has 1 aliphatic rings. The summed E-state index contributed by atoms with van der Waals surface area (Å²) in [5.74, 6) is 0.106. The van der Waals surface area contributed by atoms with Crippen molar-refractivity contribution in [1.29, 1.82) is 0 Å². The molecule has 19 heavy (non-hydrogen) atoms. The van der Waals surface area contributed by atoms with E-state index >= 15 is 0 Å². The molecule has 98 valence electrons. The number of imidazole rings is 1. The van der Waals surface area contributed by atoms with Crippen LogP contribution < -0.4 is 11.1 Å². The number of nitrogens with zero attached hydrogens (tertiary/aromatic N) is 2. The van der Waals surface area contributed by atoms with Crippen LogP contribution in [0.15, 0.2) is 24.5 Å². The van der Waals surface area contributed by atoms with Crippen molar-refractivity contribution in [2.75, 3.05) is 11.1 Å². The molecule has 3 rings (SSSR count). The number of benzene rings is 1.